The topological polar surface area (TPSA) is 87.3 Å². The molecule has 0 bridgehead atoms. The molecule has 1 fully saturated rings. The summed E-state index contributed by atoms with van der Waals surface area (Å²) in [6.45, 7) is 3.90. The van der Waals surface area contributed by atoms with Gasteiger partial charge in [0.15, 0.2) is 5.11 Å². The Morgan fingerprint density at radius 3 is 2.21 bits per heavy atom. The van der Waals surface area contributed by atoms with E-state index in [2.05, 4.69) is 15.4 Å². The molecule has 0 unspecified atom stereocenters. The number of nitrogens with one attached hydrogen (secondary N) is 3. The van der Waals surface area contributed by atoms with E-state index in [9.17, 15) is 13.2 Å². The molecule has 1 saturated carbocycles. The van der Waals surface area contributed by atoms with Crippen LogP contribution >= 0.6 is 12.2 Å². The van der Waals surface area contributed by atoms with Crippen molar-refractivity contribution in [3.05, 3.63) is 53.6 Å². The highest BCUT2D eigenvalue weighted by Crippen LogP contribution is 2.26. The van der Waals surface area contributed by atoms with Gasteiger partial charge in [0.05, 0.1) is 4.90 Å². The Morgan fingerprint density at radius 2 is 1.64 bits per heavy atom. The largest absolute Gasteiger partial charge is 0.332 e. The van der Waals surface area contributed by atoms with Crippen molar-refractivity contribution in [2.75, 3.05) is 10.0 Å². The average Bonchev–Trinajstić information content (AvgIpc) is 2.56. The molecule has 1 aliphatic rings. The van der Waals surface area contributed by atoms with Gasteiger partial charge in [-0.3, -0.25) is 9.52 Å². The van der Waals surface area contributed by atoms with E-state index in [-0.39, 0.29) is 21.8 Å². The number of aryl methyl sites for hydroxylation is 2. The molecule has 0 radical (unpaired) electrons. The molecule has 3 rings (SSSR count). The Labute approximate surface area is 170 Å². The molecule has 2 aromatic carbocycles. The molecule has 0 aromatic heterocycles. The lowest BCUT2D eigenvalue weighted by Crippen LogP contribution is -2.40. The van der Waals surface area contributed by atoms with Crippen molar-refractivity contribution in [3.8, 4) is 0 Å². The second-order valence-electron chi connectivity index (χ2n) is 7.00. The van der Waals surface area contributed by atoms with Crippen LogP contribution in [0.3, 0.4) is 0 Å². The van der Waals surface area contributed by atoms with E-state index in [1.165, 1.54) is 12.1 Å². The zero-order valence-electron chi connectivity index (χ0n) is 15.8. The van der Waals surface area contributed by atoms with Crippen molar-refractivity contribution < 1.29 is 13.2 Å². The Bertz CT molecular complexity index is 998. The van der Waals surface area contributed by atoms with Gasteiger partial charge in [-0.15, -0.1) is 0 Å². The van der Waals surface area contributed by atoms with Crippen molar-refractivity contribution in [2.24, 2.45) is 5.92 Å². The molecule has 0 saturated heterocycles. The van der Waals surface area contributed by atoms with Gasteiger partial charge >= 0.3 is 0 Å². The van der Waals surface area contributed by atoms with E-state index >= 15 is 0 Å². The van der Waals surface area contributed by atoms with Gasteiger partial charge in [-0.1, -0.05) is 12.5 Å². The van der Waals surface area contributed by atoms with Crippen molar-refractivity contribution >= 4 is 44.6 Å². The van der Waals surface area contributed by atoms with Crippen LogP contribution in [0.5, 0.6) is 0 Å². The third-order valence-corrected chi connectivity index (χ3v) is 6.50. The predicted octanol–water partition coefficient (Wildman–Crippen LogP) is 3.72. The first-order chi connectivity index (χ1) is 13.2. The predicted molar refractivity (Wildman–Crippen MR) is 115 cm³/mol. The highest BCUT2D eigenvalue weighted by molar-refractivity contribution is 7.92. The second-order valence-corrected chi connectivity index (χ2v) is 9.09. The number of benzene rings is 2. The molecular formula is C20H23N3O3S2. The van der Waals surface area contributed by atoms with Crippen LogP contribution < -0.4 is 15.4 Å². The molecule has 3 N–H and O–H groups in total. The first-order valence-electron chi connectivity index (χ1n) is 9.06. The normalized spacial score (nSPS) is 14.1. The lowest BCUT2D eigenvalue weighted by Gasteiger charge is -2.24. The van der Waals surface area contributed by atoms with Gasteiger partial charge in [-0.25, -0.2) is 8.42 Å². The standard InChI is InChI=1S/C20H23N3O3S2/c1-13-6-7-17(12-14(13)2)23-28(25,26)18-10-8-16(9-11-18)21-20(27)22-19(24)15-4-3-5-15/h6-12,15,23H,3-5H2,1-2H3,(H2,21,22,24,27). The van der Waals surface area contributed by atoms with Crippen LogP contribution in [0, 0.1) is 19.8 Å². The van der Waals surface area contributed by atoms with Gasteiger partial charge in [0, 0.05) is 17.3 Å². The zero-order chi connectivity index (χ0) is 20.3. The summed E-state index contributed by atoms with van der Waals surface area (Å²) in [5.41, 5.74) is 3.23. The first kappa shape index (κ1) is 20.3. The number of hydrogen-bond donors (Lipinski definition) is 3. The third-order valence-electron chi connectivity index (χ3n) is 4.89. The minimum absolute atomic E-state index is 0.0451. The second kappa shape index (κ2) is 8.28. The lowest BCUT2D eigenvalue weighted by atomic mass is 9.85. The van der Waals surface area contributed by atoms with Crippen LogP contribution in [0.25, 0.3) is 0 Å². The maximum Gasteiger partial charge on any atom is 0.261 e. The Hall–Kier alpha value is -2.45. The van der Waals surface area contributed by atoms with Crippen LogP contribution in [-0.2, 0) is 14.8 Å². The number of rotatable bonds is 5. The van der Waals surface area contributed by atoms with Crippen LogP contribution in [0.15, 0.2) is 47.4 Å². The van der Waals surface area contributed by atoms with Crippen LogP contribution in [0.2, 0.25) is 0 Å². The zero-order valence-corrected chi connectivity index (χ0v) is 17.4. The number of hydrogen-bond acceptors (Lipinski definition) is 4. The number of amides is 1. The van der Waals surface area contributed by atoms with Gasteiger partial charge in [0.1, 0.15) is 0 Å². The van der Waals surface area contributed by atoms with Crippen LogP contribution in [-0.4, -0.2) is 19.4 Å². The molecule has 1 aliphatic carbocycles. The minimum Gasteiger partial charge on any atom is -0.332 e. The minimum atomic E-state index is -3.69. The van der Waals surface area contributed by atoms with Crippen LogP contribution in [0.1, 0.15) is 30.4 Å². The average molecular weight is 418 g/mol. The molecule has 2 aromatic rings. The van der Waals surface area contributed by atoms with Crippen molar-refractivity contribution in [1.29, 1.82) is 0 Å². The number of carbonyl (C=O) groups excluding carboxylic acids is 1. The van der Waals surface area contributed by atoms with Crippen molar-refractivity contribution in [3.63, 3.8) is 0 Å². The molecule has 0 aliphatic heterocycles. The Morgan fingerprint density at radius 1 is 1.00 bits per heavy atom. The highest BCUT2D eigenvalue weighted by Gasteiger charge is 2.25. The van der Waals surface area contributed by atoms with Gasteiger partial charge in [-0.2, -0.15) is 0 Å². The SMILES string of the molecule is Cc1ccc(NS(=O)(=O)c2ccc(NC(=S)NC(=O)C3CCC3)cc2)cc1C. The van der Waals surface area contributed by atoms with Gasteiger partial charge in [-0.05, 0) is 86.4 Å². The van der Waals surface area contributed by atoms with E-state index in [1.807, 2.05) is 19.9 Å². The van der Waals surface area contributed by atoms with Crippen molar-refractivity contribution in [2.45, 2.75) is 38.0 Å². The molecular weight excluding hydrogens is 394 g/mol. The first-order valence-corrected chi connectivity index (χ1v) is 11.0. The monoisotopic (exact) mass is 417 g/mol. The fraction of sp³-hybridized carbons (Fsp3) is 0.300. The molecule has 8 heteroatoms. The molecule has 0 heterocycles. The third kappa shape index (κ3) is 4.88. The quantitative estimate of drug-likeness (QED) is 0.646. The smallest absolute Gasteiger partial charge is 0.261 e. The maximum atomic E-state index is 12.6. The summed E-state index contributed by atoms with van der Waals surface area (Å²) in [7, 11) is -3.69. The van der Waals surface area contributed by atoms with Gasteiger partial charge in [0.25, 0.3) is 10.0 Å². The summed E-state index contributed by atoms with van der Waals surface area (Å²) in [5.74, 6) is -0.0238. The van der Waals surface area contributed by atoms with Crippen LogP contribution in [0.4, 0.5) is 11.4 Å². The summed E-state index contributed by atoms with van der Waals surface area (Å²) < 4.78 is 27.7. The van der Waals surface area contributed by atoms with E-state index in [0.717, 1.165) is 30.4 Å². The molecule has 0 atom stereocenters. The number of sulfonamides is 1. The Kier molecular flexibility index (Phi) is 6.00. The summed E-state index contributed by atoms with van der Waals surface area (Å²) in [5, 5.41) is 5.78. The number of thiocarbonyl (C=S) groups is 1. The number of carbonyl (C=O) groups is 1. The highest BCUT2D eigenvalue weighted by atomic mass is 32.2. The fourth-order valence-electron chi connectivity index (χ4n) is 2.78. The Balaban J connectivity index is 1.62. The maximum absolute atomic E-state index is 12.6. The summed E-state index contributed by atoms with van der Waals surface area (Å²) in [6, 6.07) is 11.6. The van der Waals surface area contributed by atoms with Crippen molar-refractivity contribution in [1.82, 2.24) is 5.32 Å². The number of anilines is 2. The summed E-state index contributed by atoms with van der Waals surface area (Å²) in [4.78, 5) is 12.0. The summed E-state index contributed by atoms with van der Waals surface area (Å²) >= 11 is 5.15. The van der Waals surface area contributed by atoms with E-state index in [4.69, 9.17) is 12.2 Å². The van der Waals surface area contributed by atoms with E-state index < -0.39 is 10.0 Å². The van der Waals surface area contributed by atoms with Gasteiger partial charge < -0.3 is 10.6 Å². The molecule has 148 valence electrons. The lowest BCUT2D eigenvalue weighted by molar-refractivity contribution is -0.125. The molecule has 0 spiro atoms. The van der Waals surface area contributed by atoms with Gasteiger partial charge in [0.2, 0.25) is 5.91 Å². The van der Waals surface area contributed by atoms with E-state index in [0.29, 0.717) is 11.4 Å². The molecule has 1 amide bonds. The molecule has 28 heavy (non-hydrogen) atoms. The molecule has 6 nitrogen and oxygen atoms in total. The fourth-order valence-corrected chi connectivity index (χ4v) is 4.05. The summed E-state index contributed by atoms with van der Waals surface area (Å²) in [6.07, 6.45) is 2.87. The van der Waals surface area contributed by atoms with E-state index in [1.54, 1.807) is 24.3 Å².